The molecule has 22 heteroatoms. The van der Waals surface area contributed by atoms with E-state index >= 15 is 0 Å². The third-order valence-electron chi connectivity index (χ3n) is 24.4. The number of aromatic carboxylic acids is 4. The Hall–Kier alpha value is -14.9. The maximum Gasteiger partial charge on any atom is 0.336 e. The molecule has 12 aromatic carbocycles. The van der Waals surface area contributed by atoms with Gasteiger partial charge >= 0.3 is 23.9 Å². The normalized spacial score (nSPS) is 11.7. The molecule has 0 saturated carbocycles. The van der Waals surface area contributed by atoms with Gasteiger partial charge in [-0.25, -0.2) is 39.1 Å². The second kappa shape index (κ2) is 39.5. The number of ether oxygens (including phenoxy) is 4. The Kier molecular flexibility index (Phi) is 26.9. The van der Waals surface area contributed by atoms with Gasteiger partial charge in [-0.3, -0.25) is 0 Å². The number of aliphatic hydroxyl groups is 2. The maximum absolute atomic E-state index is 12.4. The van der Waals surface area contributed by atoms with Crippen molar-refractivity contribution >= 4 is 153 Å². The first-order chi connectivity index (χ1) is 65.2. The molecular formula is C113H94N4O14S4. The highest BCUT2D eigenvalue weighted by atomic mass is 32.1. The third-order valence-corrected chi connectivity index (χ3v) is 29.6. The molecule has 674 valence electrons. The molecule has 2 atom stereocenters. The number of thiophene rings is 4. The Labute approximate surface area is 794 Å². The van der Waals surface area contributed by atoms with E-state index in [-0.39, 0.29) is 35.5 Å². The van der Waals surface area contributed by atoms with Crippen molar-refractivity contribution in [1.29, 1.82) is 0 Å². The number of aliphatic hydroxyl groups excluding tert-OH is 2. The summed E-state index contributed by atoms with van der Waals surface area (Å²) in [5, 5.41) is 67.1. The molecule has 0 saturated heterocycles. The van der Waals surface area contributed by atoms with Crippen LogP contribution in [0.1, 0.15) is 137 Å². The Balaban J connectivity index is 0.000000125. The summed E-state index contributed by atoms with van der Waals surface area (Å²) in [5.74, 6) is -2.26. The van der Waals surface area contributed by atoms with E-state index in [0.717, 1.165) is 133 Å². The number of fused-ring (bicyclic) bond motifs is 8. The monoisotopic (exact) mass is 1860 g/mol. The van der Waals surface area contributed by atoms with E-state index in [1.807, 2.05) is 218 Å². The lowest BCUT2D eigenvalue weighted by Gasteiger charge is -2.20. The lowest BCUT2D eigenvalue weighted by Crippen LogP contribution is -2.13. The molecule has 0 unspecified atom stereocenters. The number of nitrogens with zero attached hydrogens (tertiary/aromatic N) is 4. The zero-order valence-corrected chi connectivity index (χ0v) is 79.1. The van der Waals surface area contributed by atoms with Gasteiger partial charge in [0.25, 0.3) is 0 Å². The molecule has 18 nitrogen and oxygen atoms in total. The molecular weight excluding hydrogens is 1770 g/mol. The smallest absolute Gasteiger partial charge is 0.336 e. The van der Waals surface area contributed by atoms with Crippen molar-refractivity contribution in [2.75, 3.05) is 13.2 Å². The summed E-state index contributed by atoms with van der Waals surface area (Å²) < 4.78 is 29.3. The fourth-order valence-electron chi connectivity index (χ4n) is 17.3. The zero-order chi connectivity index (χ0) is 94.7. The highest BCUT2D eigenvalue weighted by Crippen LogP contribution is 2.47. The number of carboxylic acids is 4. The van der Waals surface area contributed by atoms with E-state index in [4.69, 9.17) is 38.9 Å². The van der Waals surface area contributed by atoms with Crippen molar-refractivity contribution in [3.05, 3.63) is 379 Å². The minimum absolute atomic E-state index is 0.125. The van der Waals surface area contributed by atoms with Gasteiger partial charge in [0.15, 0.2) is 0 Å². The van der Waals surface area contributed by atoms with E-state index in [9.17, 15) is 49.8 Å². The van der Waals surface area contributed by atoms with Crippen LogP contribution in [0.15, 0.2) is 273 Å². The highest BCUT2D eigenvalue weighted by molar-refractivity contribution is 7.23. The minimum Gasteiger partial charge on any atom is -0.488 e. The van der Waals surface area contributed by atoms with Crippen LogP contribution in [0.3, 0.4) is 0 Å². The topological polar surface area (TPSA) is 278 Å². The molecule has 0 aliphatic rings. The molecule has 0 fully saturated rings. The lowest BCUT2D eigenvalue weighted by molar-refractivity contribution is 0.0687. The second-order valence-corrected chi connectivity index (χ2v) is 37.6. The number of carboxylic acid groups (broad SMARTS) is 4. The number of carbonyl (C=O) groups is 4. The van der Waals surface area contributed by atoms with Gasteiger partial charge in [-0.2, -0.15) is 0 Å². The van der Waals surface area contributed by atoms with Gasteiger partial charge in [-0.15, -0.1) is 45.3 Å². The van der Waals surface area contributed by atoms with Crippen molar-refractivity contribution in [3.8, 4) is 65.3 Å². The quantitative estimate of drug-likeness (QED) is 0.0368. The van der Waals surface area contributed by atoms with Crippen molar-refractivity contribution in [2.45, 2.75) is 102 Å². The summed E-state index contributed by atoms with van der Waals surface area (Å²) in [7, 11) is 0. The van der Waals surface area contributed by atoms with E-state index in [0.29, 0.717) is 103 Å². The third kappa shape index (κ3) is 18.8. The van der Waals surface area contributed by atoms with E-state index in [1.165, 1.54) is 10.8 Å². The van der Waals surface area contributed by atoms with Gasteiger partial charge in [-0.05, 0) is 248 Å². The van der Waals surface area contributed by atoms with Crippen LogP contribution in [0.25, 0.3) is 126 Å². The van der Waals surface area contributed by atoms with E-state index < -0.39 is 36.1 Å². The van der Waals surface area contributed by atoms with Gasteiger partial charge in [0.05, 0.1) is 121 Å². The molecule has 0 radical (unpaired) electrons. The number of aryl methyl sites for hydroxylation is 11. The number of hydrogen-bond donors (Lipinski definition) is 6. The molecule has 8 heterocycles. The Morgan fingerprint density at radius 2 is 0.578 bits per heavy atom. The number of pyridine rings is 4. The maximum atomic E-state index is 12.4. The molecule has 0 spiro atoms. The molecule has 20 rings (SSSR count). The summed E-state index contributed by atoms with van der Waals surface area (Å²) >= 11 is 6.49. The van der Waals surface area contributed by atoms with Crippen LogP contribution in [-0.4, -0.2) is 87.7 Å². The minimum atomic E-state index is -1.05. The molecule has 0 aliphatic carbocycles. The van der Waals surface area contributed by atoms with Crippen molar-refractivity contribution in [1.82, 2.24) is 19.9 Å². The molecule has 0 bridgehead atoms. The predicted octanol–water partition coefficient (Wildman–Crippen LogP) is 28.0. The standard InChI is InChI=1S/C29H25NO3S.2C28H23NO4S.C28H23NO3S/c1-16-8-7-9-17(2)22(16)15-33-24-13-12-18(3)27-26(24)21(29(31)32)14-23(30-27)28-19(4)20-10-5-6-11-25(20)34-28;2*1-16-12-13-22(33-23(15-30)18-8-4-3-5-9-18)25-20(28(31)32)14-21(29-26(16)25)27-17(2)19-10-6-7-11-24(19)34-27;1-16-7-6-8-19(13-16)15-32-23-12-11-17(2)26-25(23)21(28(30)31)14-22(29-26)27-18(3)20-9-4-5-10-24(20)33-27/h5-14H,15H2,1-4H3,(H,31,32);2*3-14,23,30H,15H2,1-2H3,(H,31,32);4-14H,15H2,1-3H3,(H,30,31)/t;2*23-;/m.10./s1. The second-order valence-electron chi connectivity index (χ2n) is 33.4. The molecule has 0 aliphatic heterocycles. The number of benzene rings is 12. The fourth-order valence-corrected chi connectivity index (χ4v) is 22.0. The van der Waals surface area contributed by atoms with Gasteiger partial charge in [0, 0.05) is 18.8 Å². The Bertz CT molecular complexity index is 7790. The van der Waals surface area contributed by atoms with Crippen molar-refractivity contribution in [3.63, 3.8) is 0 Å². The van der Waals surface area contributed by atoms with Crippen molar-refractivity contribution in [2.24, 2.45) is 0 Å². The zero-order valence-electron chi connectivity index (χ0n) is 75.8. The first-order valence-corrected chi connectivity index (χ1v) is 47.1. The Morgan fingerprint density at radius 3 is 0.874 bits per heavy atom. The number of rotatable bonds is 22. The lowest BCUT2D eigenvalue weighted by atomic mass is 10.0. The van der Waals surface area contributed by atoms with Gasteiger partial charge in [0.1, 0.15) is 48.4 Å². The summed E-state index contributed by atoms with van der Waals surface area (Å²) in [6.07, 6.45) is -1.25. The van der Waals surface area contributed by atoms with Crippen LogP contribution >= 0.6 is 45.3 Å². The summed E-state index contributed by atoms with van der Waals surface area (Å²) in [4.78, 5) is 73.2. The van der Waals surface area contributed by atoms with Gasteiger partial charge < -0.3 is 49.6 Å². The van der Waals surface area contributed by atoms with Gasteiger partial charge in [-0.1, -0.05) is 206 Å². The van der Waals surface area contributed by atoms with Crippen LogP contribution in [0.4, 0.5) is 0 Å². The molecule has 0 amide bonds. The fraction of sp³-hybridized carbons (Fsp3) is 0.150. The molecule has 8 aromatic heterocycles. The molecule has 135 heavy (non-hydrogen) atoms. The van der Waals surface area contributed by atoms with Crippen LogP contribution in [0.5, 0.6) is 23.0 Å². The molecule has 20 aromatic rings. The summed E-state index contributed by atoms with van der Waals surface area (Å²) in [6.45, 7) is 22.3. The van der Waals surface area contributed by atoms with Crippen LogP contribution in [-0.2, 0) is 13.2 Å². The van der Waals surface area contributed by atoms with Crippen LogP contribution in [0.2, 0.25) is 0 Å². The Morgan fingerprint density at radius 1 is 0.296 bits per heavy atom. The van der Waals surface area contributed by atoms with Crippen LogP contribution < -0.4 is 18.9 Å². The van der Waals surface area contributed by atoms with Gasteiger partial charge in [0.2, 0.25) is 0 Å². The summed E-state index contributed by atoms with van der Waals surface area (Å²) in [6, 6.07) is 87.1. The molecule has 6 N–H and O–H groups in total. The van der Waals surface area contributed by atoms with Crippen LogP contribution in [0, 0.1) is 76.2 Å². The SMILES string of the molecule is Cc1c(-c2cc(C(=O)O)c3c(O[C@@H](CO)c4ccccc4)ccc(C)c3n2)sc2ccccc12.Cc1c(-c2cc(C(=O)O)c3c(O[C@H](CO)c4ccccc4)ccc(C)c3n2)sc2ccccc12.Cc1cccc(C)c1COc1ccc(C)c2nc(-c3sc4ccccc4c3C)cc(C(=O)O)c12.Cc1cccc(COc2ccc(C)c3nc(-c4sc5ccccc5c4C)cc(C(=O)O)c23)c1. The first-order valence-electron chi connectivity index (χ1n) is 43.9. The van der Waals surface area contributed by atoms with E-state index in [2.05, 4.69) is 94.4 Å². The first kappa shape index (κ1) is 92.0. The predicted molar refractivity (Wildman–Crippen MR) is 546 cm³/mol. The number of aromatic nitrogens is 4. The summed E-state index contributed by atoms with van der Waals surface area (Å²) in [5.41, 5.74) is 20.9. The number of hydrogen-bond acceptors (Lipinski definition) is 18. The highest BCUT2D eigenvalue weighted by Gasteiger charge is 2.29. The van der Waals surface area contributed by atoms with E-state index in [1.54, 1.807) is 81.7 Å². The average molecular weight is 1860 g/mol. The largest absolute Gasteiger partial charge is 0.488 e. The average Bonchev–Trinajstić information content (AvgIpc) is 1.73. The van der Waals surface area contributed by atoms with Crippen molar-refractivity contribution < 1.29 is 68.8 Å².